The number of thiocarbonyl (C=S) groups is 1. The van der Waals surface area contributed by atoms with E-state index in [1.165, 1.54) is 6.07 Å². The number of halogens is 1. The summed E-state index contributed by atoms with van der Waals surface area (Å²) in [4.78, 5) is 27.3. The zero-order valence-electron chi connectivity index (χ0n) is 17.2. The fraction of sp³-hybridized carbons (Fsp3) is 0.333. The Morgan fingerprint density at radius 1 is 1.19 bits per heavy atom. The second kappa shape index (κ2) is 9.93. The third-order valence-electron chi connectivity index (χ3n) is 4.73. The largest absolute Gasteiger partial charge is 0.491 e. The van der Waals surface area contributed by atoms with Gasteiger partial charge in [-0.25, -0.2) is 0 Å². The molecule has 0 radical (unpaired) electrons. The summed E-state index contributed by atoms with van der Waals surface area (Å²) in [5.41, 5.74) is 0.830. The molecule has 1 aliphatic heterocycles. The average molecular weight is 463 g/mol. The number of benzene rings is 2. The van der Waals surface area contributed by atoms with Gasteiger partial charge in [-0.2, -0.15) is 0 Å². The Kier molecular flexibility index (Phi) is 7.29. The number of anilines is 1. The Bertz CT molecular complexity index is 993. The highest BCUT2D eigenvalue weighted by atomic mass is 35.5. The Labute approximate surface area is 190 Å². The summed E-state index contributed by atoms with van der Waals surface area (Å²) < 4.78 is 5.63. The van der Waals surface area contributed by atoms with Crippen LogP contribution in [0.5, 0.6) is 5.75 Å². The van der Waals surface area contributed by atoms with Crippen molar-refractivity contribution in [1.82, 2.24) is 10.2 Å². The molecular formula is C21H23ClN4O4S. The lowest BCUT2D eigenvalue weighted by molar-refractivity contribution is -0.384. The number of nitro groups is 1. The standard InChI is InChI=1S/C21H23ClN4O4S/c1-14(2)30-16-6-3-5-15(13-16)20(27)23-21(31)25-11-9-24(10-12-25)19-17(22)7-4-8-18(19)26(28)29/h3-8,13-14H,9-12H2,1-2H3,(H,23,27,31). The van der Waals surface area contributed by atoms with E-state index >= 15 is 0 Å². The normalized spacial score (nSPS) is 13.8. The molecule has 0 saturated carbocycles. The number of nitrogens with zero attached hydrogens (tertiary/aromatic N) is 3. The van der Waals surface area contributed by atoms with Crippen molar-refractivity contribution < 1.29 is 14.5 Å². The van der Waals surface area contributed by atoms with E-state index in [0.29, 0.717) is 53.3 Å². The van der Waals surface area contributed by atoms with Crippen molar-refractivity contribution in [3.63, 3.8) is 0 Å². The van der Waals surface area contributed by atoms with Crippen molar-refractivity contribution >= 4 is 46.2 Å². The van der Waals surface area contributed by atoms with Crippen LogP contribution in [0.2, 0.25) is 5.02 Å². The van der Waals surface area contributed by atoms with Gasteiger partial charge in [0.15, 0.2) is 5.11 Å². The Morgan fingerprint density at radius 3 is 2.52 bits per heavy atom. The van der Waals surface area contributed by atoms with Crippen molar-refractivity contribution in [3.05, 3.63) is 63.2 Å². The molecule has 10 heteroatoms. The van der Waals surface area contributed by atoms with Crippen LogP contribution >= 0.6 is 23.8 Å². The monoisotopic (exact) mass is 462 g/mol. The summed E-state index contributed by atoms with van der Waals surface area (Å²) in [7, 11) is 0. The number of piperazine rings is 1. The van der Waals surface area contributed by atoms with Crippen LogP contribution < -0.4 is 15.0 Å². The minimum absolute atomic E-state index is 0.00428. The summed E-state index contributed by atoms with van der Waals surface area (Å²) >= 11 is 11.6. The number of amides is 1. The predicted molar refractivity (Wildman–Crippen MR) is 124 cm³/mol. The molecule has 0 atom stereocenters. The van der Waals surface area contributed by atoms with Crippen molar-refractivity contribution in [2.75, 3.05) is 31.1 Å². The first kappa shape index (κ1) is 22.8. The van der Waals surface area contributed by atoms with E-state index in [-0.39, 0.29) is 17.7 Å². The van der Waals surface area contributed by atoms with Crippen LogP contribution in [-0.2, 0) is 0 Å². The number of hydrogen-bond donors (Lipinski definition) is 1. The van der Waals surface area contributed by atoms with E-state index in [1.807, 2.05) is 23.6 Å². The Balaban J connectivity index is 1.61. The Hall–Kier alpha value is -2.91. The third-order valence-corrected chi connectivity index (χ3v) is 5.40. The smallest absolute Gasteiger partial charge is 0.294 e. The van der Waals surface area contributed by atoms with Gasteiger partial charge in [-0.3, -0.25) is 20.2 Å². The maximum atomic E-state index is 12.6. The first-order chi connectivity index (χ1) is 14.8. The number of nitrogens with one attached hydrogen (secondary N) is 1. The number of rotatable bonds is 5. The number of hydrogen-bond acceptors (Lipinski definition) is 6. The number of para-hydroxylation sites is 1. The second-order valence-corrected chi connectivity index (χ2v) is 8.09. The van der Waals surface area contributed by atoms with Crippen LogP contribution in [0.3, 0.4) is 0 Å². The first-order valence-electron chi connectivity index (χ1n) is 9.81. The van der Waals surface area contributed by atoms with E-state index in [2.05, 4.69) is 5.32 Å². The van der Waals surface area contributed by atoms with Gasteiger partial charge in [0.1, 0.15) is 11.4 Å². The van der Waals surface area contributed by atoms with Gasteiger partial charge in [0.2, 0.25) is 0 Å². The lowest BCUT2D eigenvalue weighted by atomic mass is 10.2. The molecule has 0 aromatic heterocycles. The van der Waals surface area contributed by atoms with Crippen LogP contribution in [0.1, 0.15) is 24.2 Å². The number of ether oxygens (including phenoxy) is 1. The van der Waals surface area contributed by atoms with E-state index in [4.69, 9.17) is 28.6 Å². The van der Waals surface area contributed by atoms with Gasteiger partial charge in [0, 0.05) is 37.8 Å². The molecule has 0 unspecified atom stereocenters. The van der Waals surface area contributed by atoms with E-state index in [0.717, 1.165) is 0 Å². The summed E-state index contributed by atoms with van der Waals surface area (Å²) in [5, 5.41) is 14.8. The molecule has 0 spiro atoms. The topological polar surface area (TPSA) is 88.0 Å². The fourth-order valence-electron chi connectivity index (χ4n) is 3.33. The molecule has 0 bridgehead atoms. The van der Waals surface area contributed by atoms with Gasteiger partial charge < -0.3 is 14.5 Å². The molecule has 1 saturated heterocycles. The third kappa shape index (κ3) is 5.62. The van der Waals surface area contributed by atoms with Crippen LogP contribution in [-0.4, -0.2) is 53.1 Å². The minimum atomic E-state index is -0.435. The maximum Gasteiger partial charge on any atom is 0.294 e. The molecule has 164 valence electrons. The van der Waals surface area contributed by atoms with Gasteiger partial charge >= 0.3 is 0 Å². The van der Waals surface area contributed by atoms with Gasteiger partial charge in [0.05, 0.1) is 16.0 Å². The SMILES string of the molecule is CC(C)Oc1cccc(C(=O)NC(=S)N2CCN(c3c(Cl)cccc3[N+](=O)[O-])CC2)c1. The van der Waals surface area contributed by atoms with E-state index in [9.17, 15) is 14.9 Å². The number of carbonyl (C=O) groups excluding carboxylic acids is 1. The summed E-state index contributed by atoms with van der Waals surface area (Å²) in [6.07, 6.45) is 0.00428. The van der Waals surface area contributed by atoms with Crippen LogP contribution in [0.4, 0.5) is 11.4 Å². The highest BCUT2D eigenvalue weighted by molar-refractivity contribution is 7.80. The van der Waals surface area contributed by atoms with E-state index < -0.39 is 4.92 Å². The molecular weight excluding hydrogens is 440 g/mol. The summed E-state index contributed by atoms with van der Waals surface area (Å²) in [5.74, 6) is 0.298. The minimum Gasteiger partial charge on any atom is -0.491 e. The van der Waals surface area contributed by atoms with Crippen LogP contribution in [0.25, 0.3) is 0 Å². The molecule has 2 aromatic rings. The van der Waals surface area contributed by atoms with Gasteiger partial charge in [-0.05, 0) is 50.3 Å². The van der Waals surface area contributed by atoms with E-state index in [1.54, 1.807) is 36.4 Å². The predicted octanol–water partition coefficient (Wildman–Crippen LogP) is 3.87. The van der Waals surface area contributed by atoms with Crippen molar-refractivity contribution in [2.24, 2.45) is 0 Å². The highest BCUT2D eigenvalue weighted by Crippen LogP contribution is 2.35. The van der Waals surface area contributed by atoms with Gasteiger partial charge in [0.25, 0.3) is 11.6 Å². The van der Waals surface area contributed by atoms with Crippen molar-refractivity contribution in [2.45, 2.75) is 20.0 Å². The zero-order valence-corrected chi connectivity index (χ0v) is 18.8. The van der Waals surface area contributed by atoms with Gasteiger partial charge in [-0.1, -0.05) is 23.7 Å². The molecule has 3 rings (SSSR count). The summed E-state index contributed by atoms with van der Waals surface area (Å²) in [6.45, 7) is 5.80. The van der Waals surface area contributed by atoms with Crippen molar-refractivity contribution in [3.8, 4) is 5.75 Å². The molecule has 1 amide bonds. The lowest BCUT2D eigenvalue weighted by Gasteiger charge is -2.37. The molecule has 1 fully saturated rings. The quantitative estimate of drug-likeness (QED) is 0.410. The Morgan fingerprint density at radius 2 is 1.87 bits per heavy atom. The van der Waals surface area contributed by atoms with Crippen molar-refractivity contribution in [1.29, 1.82) is 0 Å². The molecule has 2 aromatic carbocycles. The van der Waals surface area contributed by atoms with Crippen LogP contribution in [0, 0.1) is 10.1 Å². The first-order valence-corrected chi connectivity index (χ1v) is 10.6. The average Bonchev–Trinajstić information content (AvgIpc) is 2.73. The number of nitro benzene ring substituents is 1. The van der Waals surface area contributed by atoms with Gasteiger partial charge in [-0.15, -0.1) is 0 Å². The maximum absolute atomic E-state index is 12.6. The molecule has 31 heavy (non-hydrogen) atoms. The second-order valence-electron chi connectivity index (χ2n) is 7.29. The molecule has 1 heterocycles. The highest BCUT2D eigenvalue weighted by Gasteiger charge is 2.27. The summed E-state index contributed by atoms with van der Waals surface area (Å²) in [6, 6.07) is 11.6. The fourth-order valence-corrected chi connectivity index (χ4v) is 3.89. The van der Waals surface area contributed by atoms with Crippen LogP contribution in [0.15, 0.2) is 42.5 Å². The molecule has 8 nitrogen and oxygen atoms in total. The molecule has 1 aliphatic rings. The number of carbonyl (C=O) groups is 1. The zero-order chi connectivity index (χ0) is 22.5. The molecule has 1 N–H and O–H groups in total. The molecule has 0 aliphatic carbocycles. The lowest BCUT2D eigenvalue weighted by Crippen LogP contribution is -2.52.